The fourth-order valence-electron chi connectivity index (χ4n) is 1.44. The number of benzene rings is 2. The summed E-state index contributed by atoms with van der Waals surface area (Å²) in [7, 11) is 0. The molecule has 0 saturated heterocycles. The Labute approximate surface area is 113 Å². The van der Waals surface area contributed by atoms with Crippen LogP contribution in [0.3, 0.4) is 0 Å². The van der Waals surface area contributed by atoms with Gasteiger partial charge in [0.15, 0.2) is 5.78 Å². The molecule has 0 spiro atoms. The molecule has 0 heterocycles. The first-order valence-electron chi connectivity index (χ1n) is 4.93. The number of anilines is 1. The first-order chi connectivity index (χ1) is 8.08. The molecule has 86 valence electrons. The number of carbonyl (C=O) groups is 1. The van der Waals surface area contributed by atoms with Gasteiger partial charge in [-0.05, 0) is 58.4 Å². The molecular formula is C13H9BrClNO. The summed E-state index contributed by atoms with van der Waals surface area (Å²) in [5.41, 5.74) is 7.40. The molecule has 2 N–H and O–H groups in total. The van der Waals surface area contributed by atoms with Gasteiger partial charge in [0.05, 0.1) is 5.02 Å². The number of carbonyl (C=O) groups excluding carboxylic acids is 1. The smallest absolute Gasteiger partial charge is 0.193 e. The Kier molecular flexibility index (Phi) is 3.50. The zero-order chi connectivity index (χ0) is 12.4. The lowest BCUT2D eigenvalue weighted by molar-refractivity contribution is 0.103. The zero-order valence-electron chi connectivity index (χ0n) is 8.78. The summed E-state index contributed by atoms with van der Waals surface area (Å²) in [5.74, 6) is -0.0534. The van der Waals surface area contributed by atoms with E-state index in [-0.39, 0.29) is 5.78 Å². The lowest BCUT2D eigenvalue weighted by Crippen LogP contribution is -2.01. The van der Waals surface area contributed by atoms with Crippen LogP contribution in [0.15, 0.2) is 46.9 Å². The molecule has 2 aromatic carbocycles. The van der Waals surface area contributed by atoms with Crippen molar-refractivity contribution < 1.29 is 4.79 Å². The van der Waals surface area contributed by atoms with Crippen molar-refractivity contribution in [2.45, 2.75) is 0 Å². The minimum atomic E-state index is -0.0534. The van der Waals surface area contributed by atoms with Crippen LogP contribution in [0.5, 0.6) is 0 Å². The van der Waals surface area contributed by atoms with E-state index in [1.54, 1.807) is 42.5 Å². The van der Waals surface area contributed by atoms with Crippen LogP contribution in [0, 0.1) is 0 Å². The molecule has 2 aromatic rings. The molecule has 0 aliphatic carbocycles. The molecule has 0 unspecified atom stereocenters. The quantitative estimate of drug-likeness (QED) is 0.675. The Balaban J connectivity index is 2.37. The fourth-order valence-corrected chi connectivity index (χ4v) is 1.93. The van der Waals surface area contributed by atoms with E-state index in [1.807, 2.05) is 0 Å². The van der Waals surface area contributed by atoms with E-state index >= 15 is 0 Å². The van der Waals surface area contributed by atoms with Gasteiger partial charge in [-0.2, -0.15) is 0 Å². The van der Waals surface area contributed by atoms with Crippen molar-refractivity contribution in [3.8, 4) is 0 Å². The molecule has 0 bridgehead atoms. The second-order valence-corrected chi connectivity index (χ2v) is 4.84. The Morgan fingerprint density at radius 3 is 2.24 bits per heavy atom. The maximum atomic E-state index is 12.1. The van der Waals surface area contributed by atoms with Gasteiger partial charge in [0.25, 0.3) is 0 Å². The fraction of sp³-hybridized carbons (Fsp3) is 0. The standard InChI is InChI=1S/C13H9BrClNO/c14-11-7-9(3-6-12(11)15)13(17)8-1-4-10(16)5-2-8/h1-7H,16H2. The van der Waals surface area contributed by atoms with Gasteiger partial charge in [-0.25, -0.2) is 0 Å². The maximum Gasteiger partial charge on any atom is 0.193 e. The van der Waals surface area contributed by atoms with Gasteiger partial charge in [0.2, 0.25) is 0 Å². The predicted octanol–water partition coefficient (Wildman–Crippen LogP) is 3.92. The highest BCUT2D eigenvalue weighted by atomic mass is 79.9. The largest absolute Gasteiger partial charge is 0.399 e. The van der Waals surface area contributed by atoms with Crippen LogP contribution in [-0.4, -0.2) is 5.78 Å². The van der Waals surface area contributed by atoms with Crippen molar-refractivity contribution in [3.05, 3.63) is 63.1 Å². The van der Waals surface area contributed by atoms with Crippen LogP contribution in [-0.2, 0) is 0 Å². The average molecular weight is 311 g/mol. The van der Waals surface area contributed by atoms with Crippen molar-refractivity contribution >= 4 is 39.0 Å². The third kappa shape index (κ3) is 2.68. The van der Waals surface area contributed by atoms with E-state index in [4.69, 9.17) is 17.3 Å². The third-order valence-corrected chi connectivity index (χ3v) is 3.57. The Morgan fingerprint density at radius 2 is 1.65 bits per heavy atom. The van der Waals surface area contributed by atoms with Gasteiger partial charge in [0.1, 0.15) is 0 Å². The molecule has 2 rings (SSSR count). The number of hydrogen-bond donors (Lipinski definition) is 1. The molecule has 0 fully saturated rings. The second-order valence-electron chi connectivity index (χ2n) is 3.58. The lowest BCUT2D eigenvalue weighted by Gasteiger charge is -2.03. The molecule has 4 heteroatoms. The summed E-state index contributed by atoms with van der Waals surface area (Å²) in [6.07, 6.45) is 0. The van der Waals surface area contributed by atoms with Crippen molar-refractivity contribution in [2.24, 2.45) is 0 Å². The van der Waals surface area contributed by atoms with E-state index < -0.39 is 0 Å². The highest BCUT2D eigenvalue weighted by molar-refractivity contribution is 9.10. The molecule has 0 amide bonds. The minimum absolute atomic E-state index is 0.0534. The summed E-state index contributed by atoms with van der Waals surface area (Å²) >= 11 is 9.17. The number of nitrogen functional groups attached to an aromatic ring is 1. The number of ketones is 1. The first kappa shape index (κ1) is 12.1. The summed E-state index contributed by atoms with van der Waals surface area (Å²) in [6, 6.07) is 11.9. The average Bonchev–Trinajstić information content (AvgIpc) is 2.33. The zero-order valence-corrected chi connectivity index (χ0v) is 11.1. The van der Waals surface area contributed by atoms with Crippen molar-refractivity contribution in [3.63, 3.8) is 0 Å². The Bertz CT molecular complexity index is 566. The number of hydrogen-bond acceptors (Lipinski definition) is 2. The molecule has 17 heavy (non-hydrogen) atoms. The Hall–Kier alpha value is -1.32. The van der Waals surface area contributed by atoms with E-state index in [9.17, 15) is 4.79 Å². The highest BCUT2D eigenvalue weighted by Gasteiger charge is 2.10. The van der Waals surface area contributed by atoms with E-state index in [2.05, 4.69) is 15.9 Å². The second kappa shape index (κ2) is 4.90. The monoisotopic (exact) mass is 309 g/mol. The number of nitrogens with two attached hydrogens (primary N) is 1. The highest BCUT2D eigenvalue weighted by Crippen LogP contribution is 2.24. The van der Waals surface area contributed by atoms with Gasteiger partial charge in [-0.1, -0.05) is 11.6 Å². The van der Waals surface area contributed by atoms with E-state index in [0.29, 0.717) is 26.3 Å². The summed E-state index contributed by atoms with van der Waals surface area (Å²) in [4.78, 5) is 12.1. The Morgan fingerprint density at radius 1 is 1.06 bits per heavy atom. The topological polar surface area (TPSA) is 43.1 Å². The van der Waals surface area contributed by atoms with Gasteiger partial charge in [-0.15, -0.1) is 0 Å². The van der Waals surface area contributed by atoms with E-state index in [0.717, 1.165) is 0 Å². The maximum absolute atomic E-state index is 12.1. The third-order valence-electron chi connectivity index (χ3n) is 2.35. The number of halogens is 2. The molecule has 0 radical (unpaired) electrons. The summed E-state index contributed by atoms with van der Waals surface area (Å²) in [6.45, 7) is 0. The van der Waals surface area contributed by atoms with Crippen LogP contribution in [0.2, 0.25) is 5.02 Å². The van der Waals surface area contributed by atoms with Crippen LogP contribution in [0.4, 0.5) is 5.69 Å². The van der Waals surface area contributed by atoms with Gasteiger partial charge >= 0.3 is 0 Å². The van der Waals surface area contributed by atoms with Gasteiger partial charge in [-0.3, -0.25) is 4.79 Å². The molecule has 0 aromatic heterocycles. The van der Waals surface area contributed by atoms with Crippen molar-refractivity contribution in [1.29, 1.82) is 0 Å². The molecular weight excluding hydrogens is 302 g/mol. The SMILES string of the molecule is Nc1ccc(C(=O)c2ccc(Cl)c(Br)c2)cc1. The molecule has 0 atom stereocenters. The summed E-state index contributed by atoms with van der Waals surface area (Å²) in [5, 5.41) is 0.582. The van der Waals surface area contributed by atoms with Crippen molar-refractivity contribution in [2.75, 3.05) is 5.73 Å². The van der Waals surface area contributed by atoms with Gasteiger partial charge in [0, 0.05) is 21.3 Å². The normalized spacial score (nSPS) is 10.2. The van der Waals surface area contributed by atoms with Crippen LogP contribution in [0.1, 0.15) is 15.9 Å². The van der Waals surface area contributed by atoms with Gasteiger partial charge < -0.3 is 5.73 Å². The minimum Gasteiger partial charge on any atom is -0.399 e. The predicted molar refractivity (Wildman–Crippen MR) is 73.4 cm³/mol. The first-order valence-corrected chi connectivity index (χ1v) is 6.10. The van der Waals surface area contributed by atoms with Crippen molar-refractivity contribution in [1.82, 2.24) is 0 Å². The summed E-state index contributed by atoms with van der Waals surface area (Å²) < 4.78 is 0.709. The van der Waals surface area contributed by atoms with Crippen LogP contribution < -0.4 is 5.73 Å². The van der Waals surface area contributed by atoms with Crippen LogP contribution in [0.25, 0.3) is 0 Å². The van der Waals surface area contributed by atoms with E-state index in [1.165, 1.54) is 0 Å². The van der Waals surface area contributed by atoms with Crippen LogP contribution >= 0.6 is 27.5 Å². The molecule has 2 nitrogen and oxygen atoms in total. The number of rotatable bonds is 2. The lowest BCUT2D eigenvalue weighted by atomic mass is 10.0. The molecule has 0 aliphatic heterocycles. The molecule has 0 aliphatic rings. The molecule has 0 saturated carbocycles.